The lowest BCUT2D eigenvalue weighted by Gasteiger charge is -2.09. The molecule has 0 aliphatic heterocycles. The van der Waals surface area contributed by atoms with Crippen LogP contribution in [0.3, 0.4) is 0 Å². The topological polar surface area (TPSA) is 38.7 Å². The quantitative estimate of drug-likeness (QED) is 0.203. The van der Waals surface area contributed by atoms with Gasteiger partial charge in [-0.15, -0.1) is 22.7 Å². The Morgan fingerprint density at radius 3 is 1.82 bits per heavy atom. The third kappa shape index (κ3) is 4.21. The van der Waals surface area contributed by atoms with Gasteiger partial charge < -0.3 is 0 Å². The standard InChI is InChI=1S/C39H23N3S2/c1-3-10-24(11-4-1)26-18-20-29-32-22-27(19-21-34(32)43-35(29)23-26)38-40-37(25-12-5-2-6-13-25)41-39(42-38)31-16-9-15-30-28-14-7-8-17-33(28)44-36(30)31/h1-23H. The van der Waals surface area contributed by atoms with E-state index in [-0.39, 0.29) is 0 Å². The zero-order valence-corrected chi connectivity index (χ0v) is 25.1. The van der Waals surface area contributed by atoms with Crippen molar-refractivity contribution in [2.45, 2.75) is 0 Å². The molecular weight excluding hydrogens is 575 g/mol. The molecule has 206 valence electrons. The van der Waals surface area contributed by atoms with Gasteiger partial charge in [-0.1, -0.05) is 103 Å². The van der Waals surface area contributed by atoms with Crippen molar-refractivity contribution in [3.63, 3.8) is 0 Å². The molecule has 0 bridgehead atoms. The Hall–Kier alpha value is -5.23. The Morgan fingerprint density at radius 1 is 0.341 bits per heavy atom. The van der Waals surface area contributed by atoms with Gasteiger partial charge in [0.1, 0.15) is 0 Å². The molecule has 0 fully saturated rings. The first-order valence-corrected chi connectivity index (χ1v) is 16.2. The minimum atomic E-state index is 0.673. The lowest BCUT2D eigenvalue weighted by molar-refractivity contribution is 1.08. The average Bonchev–Trinajstić information content (AvgIpc) is 3.66. The van der Waals surface area contributed by atoms with Gasteiger partial charge in [-0.25, -0.2) is 15.0 Å². The maximum Gasteiger partial charge on any atom is 0.165 e. The highest BCUT2D eigenvalue weighted by Crippen LogP contribution is 2.41. The van der Waals surface area contributed by atoms with Gasteiger partial charge >= 0.3 is 0 Å². The zero-order chi connectivity index (χ0) is 29.0. The van der Waals surface area contributed by atoms with Gasteiger partial charge in [-0.2, -0.15) is 0 Å². The Balaban J connectivity index is 1.23. The molecule has 3 heterocycles. The first kappa shape index (κ1) is 25.3. The number of thiophene rings is 2. The Labute approximate surface area is 261 Å². The number of benzene rings is 6. The molecule has 44 heavy (non-hydrogen) atoms. The van der Waals surface area contributed by atoms with Crippen LogP contribution in [0, 0.1) is 0 Å². The van der Waals surface area contributed by atoms with Crippen molar-refractivity contribution >= 4 is 63.0 Å². The van der Waals surface area contributed by atoms with Crippen molar-refractivity contribution in [1.29, 1.82) is 0 Å². The molecule has 9 rings (SSSR count). The van der Waals surface area contributed by atoms with E-state index in [9.17, 15) is 0 Å². The van der Waals surface area contributed by atoms with E-state index in [2.05, 4.69) is 121 Å². The number of hydrogen-bond acceptors (Lipinski definition) is 5. The smallest absolute Gasteiger partial charge is 0.165 e. The minimum absolute atomic E-state index is 0.673. The summed E-state index contributed by atoms with van der Waals surface area (Å²) in [5, 5.41) is 4.96. The molecule has 5 heteroatoms. The second-order valence-corrected chi connectivity index (χ2v) is 13.0. The second-order valence-electron chi connectivity index (χ2n) is 10.8. The van der Waals surface area contributed by atoms with Crippen molar-refractivity contribution in [3.05, 3.63) is 140 Å². The summed E-state index contributed by atoms with van der Waals surface area (Å²) in [7, 11) is 0. The molecule has 0 spiro atoms. The molecule has 0 saturated carbocycles. The van der Waals surface area contributed by atoms with Crippen LogP contribution in [-0.4, -0.2) is 15.0 Å². The number of rotatable bonds is 4. The van der Waals surface area contributed by atoms with Crippen molar-refractivity contribution in [2.75, 3.05) is 0 Å². The Bertz CT molecular complexity index is 2500. The molecule has 0 N–H and O–H groups in total. The van der Waals surface area contributed by atoms with E-state index in [1.807, 2.05) is 29.5 Å². The summed E-state index contributed by atoms with van der Waals surface area (Å²) < 4.78 is 4.98. The van der Waals surface area contributed by atoms with Gasteiger partial charge in [0, 0.05) is 57.0 Å². The van der Waals surface area contributed by atoms with E-state index in [0.29, 0.717) is 17.5 Å². The highest BCUT2D eigenvalue weighted by molar-refractivity contribution is 7.26. The van der Waals surface area contributed by atoms with E-state index in [4.69, 9.17) is 15.0 Å². The van der Waals surface area contributed by atoms with Crippen LogP contribution in [-0.2, 0) is 0 Å². The van der Waals surface area contributed by atoms with Gasteiger partial charge in [0.05, 0.1) is 0 Å². The summed E-state index contributed by atoms with van der Waals surface area (Å²) in [6, 6.07) is 49.1. The fraction of sp³-hybridized carbons (Fsp3) is 0. The molecule has 0 radical (unpaired) electrons. The van der Waals surface area contributed by atoms with Crippen LogP contribution in [0.4, 0.5) is 0 Å². The fourth-order valence-electron chi connectivity index (χ4n) is 5.99. The first-order valence-electron chi connectivity index (χ1n) is 14.5. The highest BCUT2D eigenvalue weighted by atomic mass is 32.1. The second kappa shape index (κ2) is 10.2. The van der Waals surface area contributed by atoms with Crippen molar-refractivity contribution < 1.29 is 0 Å². The average molecular weight is 598 g/mol. The first-order chi connectivity index (χ1) is 21.8. The van der Waals surface area contributed by atoms with Crippen LogP contribution in [0.5, 0.6) is 0 Å². The highest BCUT2D eigenvalue weighted by Gasteiger charge is 2.17. The van der Waals surface area contributed by atoms with E-state index in [1.165, 1.54) is 51.5 Å². The third-order valence-corrected chi connectivity index (χ3v) is 10.5. The summed E-state index contributed by atoms with van der Waals surface area (Å²) in [4.78, 5) is 15.2. The molecule has 0 unspecified atom stereocenters. The van der Waals surface area contributed by atoms with Crippen molar-refractivity contribution in [2.24, 2.45) is 0 Å². The number of fused-ring (bicyclic) bond motifs is 6. The largest absolute Gasteiger partial charge is 0.208 e. The molecule has 0 aliphatic rings. The third-order valence-electron chi connectivity index (χ3n) is 8.15. The summed E-state index contributed by atoms with van der Waals surface area (Å²) in [5.74, 6) is 2.04. The van der Waals surface area contributed by atoms with Crippen molar-refractivity contribution in [1.82, 2.24) is 15.0 Å². The SMILES string of the molecule is c1ccc(-c2ccc3c(c2)sc2ccc(-c4nc(-c5ccccc5)nc(-c5cccc6c5sc5ccccc56)n4)cc23)cc1. The lowest BCUT2D eigenvalue weighted by Crippen LogP contribution is -2.00. The van der Waals surface area contributed by atoms with Gasteiger partial charge in [-0.3, -0.25) is 0 Å². The molecule has 0 saturated heterocycles. The maximum atomic E-state index is 5.13. The molecule has 3 nitrogen and oxygen atoms in total. The molecule has 6 aromatic carbocycles. The molecule has 3 aromatic heterocycles. The number of hydrogen-bond donors (Lipinski definition) is 0. The van der Waals surface area contributed by atoms with Crippen LogP contribution >= 0.6 is 22.7 Å². The molecule has 9 aromatic rings. The van der Waals surface area contributed by atoms with Crippen LogP contribution in [0.15, 0.2) is 140 Å². The zero-order valence-electron chi connectivity index (χ0n) is 23.4. The Kier molecular flexibility index (Phi) is 5.86. The summed E-state index contributed by atoms with van der Waals surface area (Å²) >= 11 is 3.62. The summed E-state index contributed by atoms with van der Waals surface area (Å²) in [6.07, 6.45) is 0. The normalized spacial score (nSPS) is 11.6. The number of nitrogens with zero attached hydrogens (tertiary/aromatic N) is 3. The van der Waals surface area contributed by atoms with Crippen LogP contribution in [0.2, 0.25) is 0 Å². The van der Waals surface area contributed by atoms with E-state index in [0.717, 1.165) is 16.7 Å². The van der Waals surface area contributed by atoms with E-state index < -0.39 is 0 Å². The molecule has 0 amide bonds. The fourth-order valence-corrected chi connectivity index (χ4v) is 8.33. The summed E-state index contributed by atoms with van der Waals surface area (Å²) in [6.45, 7) is 0. The van der Waals surface area contributed by atoms with Crippen LogP contribution < -0.4 is 0 Å². The predicted molar refractivity (Wildman–Crippen MR) is 187 cm³/mol. The predicted octanol–water partition coefficient (Wildman–Crippen LogP) is 11.3. The van der Waals surface area contributed by atoms with Crippen LogP contribution in [0.25, 0.3) is 85.6 Å². The number of aromatic nitrogens is 3. The monoisotopic (exact) mass is 597 g/mol. The lowest BCUT2D eigenvalue weighted by atomic mass is 10.0. The van der Waals surface area contributed by atoms with Gasteiger partial charge in [0.15, 0.2) is 17.5 Å². The summed E-state index contributed by atoms with van der Waals surface area (Å²) in [5.41, 5.74) is 5.44. The van der Waals surface area contributed by atoms with E-state index in [1.54, 1.807) is 11.3 Å². The maximum absolute atomic E-state index is 5.13. The molecule has 0 atom stereocenters. The van der Waals surface area contributed by atoms with Gasteiger partial charge in [0.2, 0.25) is 0 Å². The molecular formula is C39H23N3S2. The van der Waals surface area contributed by atoms with Crippen molar-refractivity contribution in [3.8, 4) is 45.3 Å². The Morgan fingerprint density at radius 2 is 0.977 bits per heavy atom. The van der Waals surface area contributed by atoms with Gasteiger partial charge in [0.25, 0.3) is 0 Å². The molecule has 0 aliphatic carbocycles. The van der Waals surface area contributed by atoms with Crippen LogP contribution in [0.1, 0.15) is 0 Å². The minimum Gasteiger partial charge on any atom is -0.208 e. The van der Waals surface area contributed by atoms with Gasteiger partial charge in [-0.05, 0) is 47.5 Å². The van der Waals surface area contributed by atoms with E-state index >= 15 is 0 Å².